The van der Waals surface area contributed by atoms with Crippen LogP contribution in [0.15, 0.2) is 162 Å². The Kier molecular flexibility index (Phi) is 4.72. The monoisotopic (exact) mass is 622 g/mol. The fourth-order valence-corrected chi connectivity index (χ4v) is 8.84. The fraction of sp³-hybridized carbons (Fsp3) is 0. The van der Waals surface area contributed by atoms with Crippen LogP contribution in [0.1, 0.15) is 0 Å². The van der Waals surface area contributed by atoms with Gasteiger partial charge in [0, 0.05) is 38.0 Å². The fourth-order valence-electron chi connectivity index (χ4n) is 8.84. The van der Waals surface area contributed by atoms with Crippen molar-refractivity contribution in [2.75, 3.05) is 0 Å². The lowest BCUT2D eigenvalue weighted by Gasteiger charge is -2.16. The van der Waals surface area contributed by atoms with Crippen LogP contribution in [0.5, 0.6) is 0 Å². The van der Waals surface area contributed by atoms with Gasteiger partial charge < -0.3 is 13.6 Å². The summed E-state index contributed by atoms with van der Waals surface area (Å²) in [4.78, 5) is 0. The Morgan fingerprint density at radius 3 is 1.86 bits per heavy atom. The second-order valence-electron chi connectivity index (χ2n) is 13.3. The van der Waals surface area contributed by atoms with Crippen molar-refractivity contribution in [3.8, 4) is 11.4 Å². The first-order valence-electron chi connectivity index (χ1n) is 16.9. The topological polar surface area (TPSA) is 23.0 Å². The first-order valence-corrected chi connectivity index (χ1v) is 16.9. The van der Waals surface area contributed by atoms with Crippen molar-refractivity contribution in [2.24, 2.45) is 0 Å². The molecule has 3 nitrogen and oxygen atoms in total. The Balaban J connectivity index is 1.29. The van der Waals surface area contributed by atoms with Crippen molar-refractivity contribution >= 4 is 97.9 Å². The molecule has 12 rings (SSSR count). The van der Waals surface area contributed by atoms with E-state index in [1.165, 1.54) is 70.7 Å². The molecule has 0 fully saturated rings. The predicted octanol–water partition coefficient (Wildman–Crippen LogP) is 12.7. The molecule has 0 N–H and O–H groups in total. The number of para-hydroxylation sites is 3. The van der Waals surface area contributed by atoms with Crippen molar-refractivity contribution in [1.29, 1.82) is 0 Å². The normalized spacial score (nSPS) is 12.5. The Hall–Kier alpha value is -6.58. The maximum absolute atomic E-state index is 6.68. The molecule has 0 aliphatic heterocycles. The van der Waals surface area contributed by atoms with E-state index in [2.05, 4.69) is 161 Å². The average molecular weight is 623 g/mol. The second kappa shape index (κ2) is 9.06. The van der Waals surface area contributed by atoms with E-state index < -0.39 is 0 Å². The number of furan rings is 1. The predicted molar refractivity (Wildman–Crippen MR) is 206 cm³/mol. The van der Waals surface area contributed by atoms with Gasteiger partial charge in [0.25, 0.3) is 0 Å². The van der Waals surface area contributed by atoms with Crippen molar-refractivity contribution in [3.63, 3.8) is 0 Å². The molecule has 3 heteroatoms. The zero-order chi connectivity index (χ0) is 31.8. The van der Waals surface area contributed by atoms with Crippen LogP contribution in [0.4, 0.5) is 0 Å². The van der Waals surface area contributed by atoms with Crippen LogP contribution in [-0.4, -0.2) is 9.13 Å². The third-order valence-electron chi connectivity index (χ3n) is 10.8. The molecule has 0 atom stereocenters. The number of aromatic nitrogens is 2. The van der Waals surface area contributed by atoms with Gasteiger partial charge in [0.05, 0.1) is 33.1 Å². The number of benzene rings is 9. The SMILES string of the molecule is c1ccc(-n2c3ccc4c5ccccc5oc4c3c3ccc4c(c5ccccc5n4-c4ccc5ccc6cccc7ccc4c5c67)c32)cc1. The van der Waals surface area contributed by atoms with Gasteiger partial charge in [-0.1, -0.05) is 103 Å². The summed E-state index contributed by atoms with van der Waals surface area (Å²) in [6.45, 7) is 0. The molecule has 0 bridgehead atoms. The molecule has 12 aromatic rings. The van der Waals surface area contributed by atoms with E-state index in [0.717, 1.165) is 38.5 Å². The third kappa shape index (κ3) is 3.17. The minimum absolute atomic E-state index is 0.914. The number of hydrogen-bond donors (Lipinski definition) is 0. The maximum atomic E-state index is 6.68. The summed E-state index contributed by atoms with van der Waals surface area (Å²) in [7, 11) is 0. The van der Waals surface area contributed by atoms with E-state index in [9.17, 15) is 0 Å². The lowest BCUT2D eigenvalue weighted by molar-refractivity contribution is 0.673. The van der Waals surface area contributed by atoms with Crippen LogP contribution in [0.2, 0.25) is 0 Å². The van der Waals surface area contributed by atoms with Crippen molar-refractivity contribution in [2.45, 2.75) is 0 Å². The van der Waals surface area contributed by atoms with Crippen molar-refractivity contribution in [3.05, 3.63) is 158 Å². The number of nitrogens with zero attached hydrogens (tertiary/aromatic N) is 2. The molecular weight excluding hydrogens is 597 g/mol. The molecule has 0 aliphatic rings. The van der Waals surface area contributed by atoms with Crippen molar-refractivity contribution < 1.29 is 4.42 Å². The molecule has 49 heavy (non-hydrogen) atoms. The minimum atomic E-state index is 0.914. The van der Waals surface area contributed by atoms with Gasteiger partial charge in [0.1, 0.15) is 11.2 Å². The molecule has 0 saturated heterocycles. The highest BCUT2D eigenvalue weighted by molar-refractivity contribution is 6.31. The van der Waals surface area contributed by atoms with Gasteiger partial charge in [-0.15, -0.1) is 0 Å². The lowest BCUT2D eigenvalue weighted by atomic mass is 9.93. The van der Waals surface area contributed by atoms with Crippen LogP contribution in [0, 0.1) is 0 Å². The van der Waals surface area contributed by atoms with E-state index in [1.807, 2.05) is 6.07 Å². The van der Waals surface area contributed by atoms with Gasteiger partial charge >= 0.3 is 0 Å². The van der Waals surface area contributed by atoms with Crippen LogP contribution in [-0.2, 0) is 0 Å². The molecule has 3 heterocycles. The van der Waals surface area contributed by atoms with E-state index in [0.29, 0.717) is 0 Å². The van der Waals surface area contributed by atoms with Crippen LogP contribution >= 0.6 is 0 Å². The smallest absolute Gasteiger partial charge is 0.145 e. The molecule has 0 unspecified atom stereocenters. The summed E-state index contributed by atoms with van der Waals surface area (Å²) in [6.07, 6.45) is 0. The summed E-state index contributed by atoms with van der Waals surface area (Å²) >= 11 is 0. The van der Waals surface area contributed by atoms with E-state index in [-0.39, 0.29) is 0 Å². The van der Waals surface area contributed by atoms with Crippen LogP contribution < -0.4 is 0 Å². The van der Waals surface area contributed by atoms with E-state index in [1.54, 1.807) is 0 Å². The van der Waals surface area contributed by atoms with Gasteiger partial charge in [-0.05, 0) is 81.5 Å². The lowest BCUT2D eigenvalue weighted by Crippen LogP contribution is -1.97. The average Bonchev–Trinajstić information content (AvgIpc) is 3.82. The summed E-state index contributed by atoms with van der Waals surface area (Å²) in [5.74, 6) is 0. The first kappa shape index (κ1) is 25.5. The molecule has 0 amide bonds. The van der Waals surface area contributed by atoms with Gasteiger partial charge in [0.2, 0.25) is 0 Å². The van der Waals surface area contributed by atoms with Crippen LogP contribution in [0.25, 0.3) is 109 Å². The Labute approximate surface area is 279 Å². The minimum Gasteiger partial charge on any atom is -0.455 e. The second-order valence-corrected chi connectivity index (χ2v) is 13.3. The molecule has 0 radical (unpaired) electrons. The third-order valence-corrected chi connectivity index (χ3v) is 10.8. The van der Waals surface area contributed by atoms with Gasteiger partial charge in [-0.25, -0.2) is 0 Å². The standard InChI is InChI=1S/C46H26N2O/c1-2-11-30(12-3-1)47-39-25-22-32-31-13-5-7-16-40(31)49-46(32)44(39)35-23-26-38-43(45(35)47)33-14-4-6-15-36(33)48(38)37-24-20-29-18-17-27-9-8-10-28-19-21-34(37)42(29)41(27)28/h1-26H. The quantitative estimate of drug-likeness (QED) is 0.176. The van der Waals surface area contributed by atoms with E-state index in [4.69, 9.17) is 4.42 Å². The molecule has 226 valence electrons. The first-order chi connectivity index (χ1) is 24.3. The van der Waals surface area contributed by atoms with Crippen LogP contribution in [0.3, 0.4) is 0 Å². The summed E-state index contributed by atoms with van der Waals surface area (Å²) in [5, 5.41) is 14.8. The van der Waals surface area contributed by atoms with E-state index >= 15 is 0 Å². The highest BCUT2D eigenvalue weighted by atomic mass is 16.3. The molecule has 3 aromatic heterocycles. The highest BCUT2D eigenvalue weighted by Gasteiger charge is 2.24. The molecular formula is C46H26N2O. The molecule has 0 spiro atoms. The molecule has 0 saturated carbocycles. The zero-order valence-corrected chi connectivity index (χ0v) is 26.3. The molecule has 0 aliphatic carbocycles. The summed E-state index contributed by atoms with van der Waals surface area (Å²) < 4.78 is 11.6. The van der Waals surface area contributed by atoms with Gasteiger partial charge in [-0.2, -0.15) is 0 Å². The number of hydrogen-bond acceptors (Lipinski definition) is 1. The number of rotatable bonds is 2. The largest absolute Gasteiger partial charge is 0.455 e. The Morgan fingerprint density at radius 2 is 1.00 bits per heavy atom. The highest BCUT2D eigenvalue weighted by Crippen LogP contribution is 2.46. The zero-order valence-electron chi connectivity index (χ0n) is 26.3. The summed E-state index contributed by atoms with van der Waals surface area (Å²) in [6, 6.07) is 57.5. The van der Waals surface area contributed by atoms with Crippen molar-refractivity contribution in [1.82, 2.24) is 9.13 Å². The molecule has 9 aromatic carbocycles. The van der Waals surface area contributed by atoms with Gasteiger partial charge in [-0.3, -0.25) is 0 Å². The number of fused-ring (bicyclic) bond motifs is 11. The maximum Gasteiger partial charge on any atom is 0.145 e. The Morgan fingerprint density at radius 1 is 0.347 bits per heavy atom. The summed E-state index contributed by atoms with van der Waals surface area (Å²) in [5.41, 5.74) is 8.89. The Bertz CT molecular complexity index is 3310. The van der Waals surface area contributed by atoms with Gasteiger partial charge in [0.15, 0.2) is 0 Å².